The lowest BCUT2D eigenvalue weighted by Crippen LogP contribution is -2.33. The number of hydrogen-bond acceptors (Lipinski definition) is 4. The van der Waals surface area contributed by atoms with E-state index in [0.29, 0.717) is 17.5 Å². The lowest BCUT2D eigenvalue weighted by atomic mass is 9.79. The summed E-state index contributed by atoms with van der Waals surface area (Å²) < 4.78 is 6.66. The Morgan fingerprint density at radius 1 is 0.444 bits per heavy atom. The van der Waals surface area contributed by atoms with Crippen LogP contribution < -0.4 is 10.4 Å². The van der Waals surface area contributed by atoms with Crippen molar-refractivity contribution in [2.45, 2.75) is 12.8 Å². The highest BCUT2D eigenvalue weighted by atomic mass is 16.3. The quantitative estimate of drug-likeness (QED) is 0.172. The predicted molar refractivity (Wildman–Crippen MR) is 222 cm³/mol. The molecule has 2 unspecified atom stereocenters. The second-order valence-corrected chi connectivity index (χ2v) is 14.4. The lowest BCUT2D eigenvalue weighted by Gasteiger charge is -2.24. The summed E-state index contributed by atoms with van der Waals surface area (Å²) in [4.78, 5) is 15.4. The molecule has 2 atom stereocenters. The van der Waals surface area contributed by atoms with E-state index in [2.05, 4.69) is 153 Å². The maximum atomic E-state index is 6.66. The molecule has 254 valence electrons. The van der Waals surface area contributed by atoms with Gasteiger partial charge in [-0.3, -0.25) is 0 Å². The van der Waals surface area contributed by atoms with Crippen molar-refractivity contribution < 1.29 is 4.42 Å². The van der Waals surface area contributed by atoms with Crippen molar-refractivity contribution in [3.63, 3.8) is 0 Å². The number of benzene rings is 8. The molecule has 4 heteroatoms. The molecule has 8 aromatic carbocycles. The molecule has 0 radical (unpaired) electrons. The fourth-order valence-corrected chi connectivity index (χ4v) is 8.65. The zero-order chi connectivity index (χ0) is 35.8. The van der Waals surface area contributed by atoms with Crippen LogP contribution in [-0.4, -0.2) is 15.0 Å². The molecule has 0 N–H and O–H groups in total. The maximum Gasteiger partial charge on any atom is 0.164 e. The average molecular weight is 692 g/mol. The highest BCUT2D eigenvalue weighted by molar-refractivity contribution is 6.14. The number of furan rings is 1. The Hall–Kier alpha value is -6.91. The van der Waals surface area contributed by atoms with Crippen LogP contribution in [0.5, 0.6) is 0 Å². The van der Waals surface area contributed by atoms with Gasteiger partial charge in [-0.15, -0.1) is 0 Å². The highest BCUT2D eigenvalue weighted by Crippen LogP contribution is 2.43. The Balaban J connectivity index is 1.16. The van der Waals surface area contributed by atoms with E-state index in [0.717, 1.165) is 44.0 Å². The van der Waals surface area contributed by atoms with Crippen molar-refractivity contribution in [3.05, 3.63) is 174 Å². The molecule has 0 spiro atoms. The van der Waals surface area contributed by atoms with Gasteiger partial charge in [-0.25, -0.2) is 15.0 Å². The van der Waals surface area contributed by atoms with E-state index < -0.39 is 0 Å². The number of fused-ring (bicyclic) bond motifs is 10. The number of rotatable bonds is 4. The minimum Gasteiger partial charge on any atom is -0.456 e. The summed E-state index contributed by atoms with van der Waals surface area (Å²) in [5.74, 6) is 2.24. The molecular formula is C50H33N3O. The van der Waals surface area contributed by atoms with Gasteiger partial charge in [0, 0.05) is 33.4 Å². The molecule has 2 heterocycles. The first-order valence-corrected chi connectivity index (χ1v) is 18.6. The van der Waals surface area contributed by atoms with Crippen LogP contribution in [-0.2, 0) is 0 Å². The van der Waals surface area contributed by atoms with Gasteiger partial charge in [-0.2, -0.15) is 0 Å². The van der Waals surface area contributed by atoms with Crippen LogP contribution in [0.15, 0.2) is 162 Å². The summed E-state index contributed by atoms with van der Waals surface area (Å²) in [5, 5.41) is 12.2. The van der Waals surface area contributed by atoms with Gasteiger partial charge >= 0.3 is 0 Å². The van der Waals surface area contributed by atoms with E-state index in [9.17, 15) is 0 Å². The minimum atomic E-state index is 0.117. The van der Waals surface area contributed by atoms with Crippen LogP contribution in [0.2, 0.25) is 0 Å². The Morgan fingerprint density at radius 3 is 1.80 bits per heavy atom. The number of hydrogen-bond donors (Lipinski definition) is 0. The standard InChI is InChI=1S/C50H33N3O/c1-30-27-42-37-19-9-7-17-35(37)36-18-8-10-20-38(36)43(42)29-41(30)39-21-11-23-44-46(39)47-40(22-12-24-45(47)54-44)50-52-48(32-14-3-2-4-15-32)51-49(53-50)34-26-25-31-13-5-6-16-33(31)28-34/h2-30,41H,1H3. The molecule has 0 aliphatic heterocycles. The minimum absolute atomic E-state index is 0.117. The number of aromatic nitrogens is 3. The molecular weight excluding hydrogens is 659 g/mol. The molecule has 0 bridgehead atoms. The molecule has 1 aliphatic rings. The SMILES string of the molecule is CC1C=c2c(c3ccccc3c3ccccc23)=CC1c1cccc2oc3cccc(-c4nc(-c5ccccc5)nc(-c5ccc6ccccc6c5)n4)c3c12. The lowest BCUT2D eigenvalue weighted by molar-refractivity contribution is 0.666. The molecule has 54 heavy (non-hydrogen) atoms. The maximum absolute atomic E-state index is 6.66. The fourth-order valence-electron chi connectivity index (χ4n) is 8.65. The second kappa shape index (κ2) is 12.1. The largest absolute Gasteiger partial charge is 0.456 e. The monoisotopic (exact) mass is 691 g/mol. The van der Waals surface area contributed by atoms with Gasteiger partial charge < -0.3 is 4.42 Å². The zero-order valence-electron chi connectivity index (χ0n) is 29.6. The van der Waals surface area contributed by atoms with Crippen LogP contribution in [0, 0.1) is 5.92 Å². The van der Waals surface area contributed by atoms with E-state index >= 15 is 0 Å². The summed E-state index contributed by atoms with van der Waals surface area (Å²) in [7, 11) is 0. The van der Waals surface area contributed by atoms with Crippen LogP contribution >= 0.6 is 0 Å². The van der Waals surface area contributed by atoms with Crippen molar-refractivity contribution in [2.75, 3.05) is 0 Å². The summed E-state index contributed by atoms with van der Waals surface area (Å²) in [5.41, 5.74) is 5.71. The molecule has 0 saturated carbocycles. The number of nitrogens with zero attached hydrogens (tertiary/aromatic N) is 3. The van der Waals surface area contributed by atoms with Crippen molar-refractivity contribution in [2.24, 2.45) is 5.92 Å². The van der Waals surface area contributed by atoms with Gasteiger partial charge in [0.2, 0.25) is 0 Å². The van der Waals surface area contributed by atoms with Gasteiger partial charge in [-0.05, 0) is 72.4 Å². The van der Waals surface area contributed by atoms with Crippen molar-refractivity contribution in [1.29, 1.82) is 0 Å². The van der Waals surface area contributed by atoms with Gasteiger partial charge in [0.1, 0.15) is 11.2 Å². The van der Waals surface area contributed by atoms with Crippen molar-refractivity contribution in [3.8, 4) is 34.2 Å². The topological polar surface area (TPSA) is 51.8 Å². The van der Waals surface area contributed by atoms with Crippen LogP contribution in [0.25, 0.3) is 101 Å². The van der Waals surface area contributed by atoms with Crippen LogP contribution in [0.3, 0.4) is 0 Å². The molecule has 0 saturated heterocycles. The summed E-state index contributed by atoms with van der Waals surface area (Å²) >= 11 is 0. The summed E-state index contributed by atoms with van der Waals surface area (Å²) in [6.07, 6.45) is 4.98. The Bertz CT molecular complexity index is 3250. The van der Waals surface area contributed by atoms with E-state index in [1.54, 1.807) is 0 Å². The average Bonchev–Trinajstić information content (AvgIpc) is 3.63. The van der Waals surface area contributed by atoms with Gasteiger partial charge in [0.15, 0.2) is 17.5 Å². The first-order chi connectivity index (χ1) is 26.7. The molecule has 0 fully saturated rings. The van der Waals surface area contributed by atoms with Crippen molar-refractivity contribution in [1.82, 2.24) is 15.0 Å². The van der Waals surface area contributed by atoms with Gasteiger partial charge in [0.05, 0.1) is 0 Å². The molecule has 1 aliphatic carbocycles. The van der Waals surface area contributed by atoms with Crippen LogP contribution in [0.4, 0.5) is 0 Å². The third-order valence-electron chi connectivity index (χ3n) is 11.2. The first-order valence-electron chi connectivity index (χ1n) is 18.6. The Labute approximate surface area is 311 Å². The fraction of sp³-hybridized carbons (Fsp3) is 0.0600. The zero-order valence-corrected chi connectivity index (χ0v) is 29.6. The Kier molecular flexibility index (Phi) is 6.86. The van der Waals surface area contributed by atoms with E-state index in [-0.39, 0.29) is 11.8 Å². The van der Waals surface area contributed by atoms with E-state index in [1.807, 2.05) is 24.3 Å². The van der Waals surface area contributed by atoms with Gasteiger partial charge in [-0.1, -0.05) is 159 Å². The highest BCUT2D eigenvalue weighted by Gasteiger charge is 2.26. The normalized spacial score (nSPS) is 15.4. The summed E-state index contributed by atoms with van der Waals surface area (Å²) in [6, 6.07) is 55.3. The smallest absolute Gasteiger partial charge is 0.164 e. The van der Waals surface area contributed by atoms with Crippen molar-refractivity contribution >= 4 is 66.4 Å². The molecule has 4 nitrogen and oxygen atoms in total. The second-order valence-electron chi connectivity index (χ2n) is 14.4. The molecule has 0 amide bonds. The molecule has 10 aromatic rings. The third kappa shape index (κ3) is 4.80. The van der Waals surface area contributed by atoms with E-state index in [1.165, 1.54) is 42.9 Å². The predicted octanol–water partition coefficient (Wildman–Crippen LogP) is 11.2. The summed E-state index contributed by atoms with van der Waals surface area (Å²) in [6.45, 7) is 2.34. The molecule has 2 aromatic heterocycles. The van der Waals surface area contributed by atoms with Crippen LogP contribution in [0.1, 0.15) is 18.4 Å². The third-order valence-corrected chi connectivity index (χ3v) is 11.2. The van der Waals surface area contributed by atoms with E-state index in [4.69, 9.17) is 19.4 Å². The first kappa shape index (κ1) is 30.7. The molecule has 11 rings (SSSR count). The van der Waals surface area contributed by atoms with Gasteiger partial charge in [0.25, 0.3) is 0 Å². The Morgan fingerprint density at radius 2 is 1.04 bits per heavy atom.